The first-order chi connectivity index (χ1) is 7.75. The van der Waals surface area contributed by atoms with E-state index in [1.807, 2.05) is 18.7 Å². The summed E-state index contributed by atoms with van der Waals surface area (Å²) in [5, 5.41) is 1.04. The summed E-state index contributed by atoms with van der Waals surface area (Å²) in [6.07, 6.45) is 0. The molecule has 0 amide bonds. The quantitative estimate of drug-likeness (QED) is 0.840. The minimum atomic E-state index is 0.0350. The molecule has 1 atom stereocenters. The van der Waals surface area contributed by atoms with Crippen molar-refractivity contribution in [3.63, 3.8) is 0 Å². The lowest BCUT2D eigenvalue weighted by atomic mass is 10.1. The molecule has 82 valence electrons. The van der Waals surface area contributed by atoms with Crippen molar-refractivity contribution in [1.29, 1.82) is 0 Å². The van der Waals surface area contributed by atoms with Crippen LogP contribution in [0.3, 0.4) is 0 Å². The van der Waals surface area contributed by atoms with E-state index >= 15 is 0 Å². The first-order valence-electron chi connectivity index (χ1n) is 5.23. The van der Waals surface area contributed by atoms with Gasteiger partial charge in [0.2, 0.25) is 0 Å². The average molecular weight is 248 g/mol. The van der Waals surface area contributed by atoms with Crippen molar-refractivity contribution in [2.45, 2.75) is 23.6 Å². The summed E-state index contributed by atoms with van der Waals surface area (Å²) in [7, 11) is 0. The van der Waals surface area contributed by atoms with Crippen molar-refractivity contribution >= 4 is 23.1 Å². The van der Waals surface area contributed by atoms with E-state index in [1.165, 1.54) is 15.3 Å². The summed E-state index contributed by atoms with van der Waals surface area (Å²) in [5.74, 6) is 1.02. The van der Waals surface area contributed by atoms with Gasteiger partial charge in [0.15, 0.2) is 0 Å². The van der Waals surface area contributed by atoms with E-state index in [0.717, 1.165) is 16.5 Å². The standard InChI is InChI=1S/C12H12N2S2/c1-7(13)12-14-11-8-4-2-3-5-9(8)15-6-10(11)16-12/h2-5,7H,6,13H2,1H3. The van der Waals surface area contributed by atoms with Crippen LogP contribution in [-0.2, 0) is 5.75 Å². The highest BCUT2D eigenvalue weighted by Crippen LogP contribution is 2.43. The summed E-state index contributed by atoms with van der Waals surface area (Å²) < 4.78 is 0. The van der Waals surface area contributed by atoms with Crippen LogP contribution in [0.2, 0.25) is 0 Å². The molecular weight excluding hydrogens is 236 g/mol. The molecule has 2 N–H and O–H groups in total. The van der Waals surface area contributed by atoms with Gasteiger partial charge >= 0.3 is 0 Å². The van der Waals surface area contributed by atoms with E-state index < -0.39 is 0 Å². The van der Waals surface area contributed by atoms with Gasteiger partial charge in [-0.1, -0.05) is 18.2 Å². The number of aromatic nitrogens is 1. The molecule has 1 aliphatic rings. The number of fused-ring (bicyclic) bond motifs is 3. The van der Waals surface area contributed by atoms with Crippen LogP contribution in [0.1, 0.15) is 22.9 Å². The van der Waals surface area contributed by atoms with Gasteiger partial charge in [-0.3, -0.25) is 0 Å². The minimum absolute atomic E-state index is 0.0350. The Kier molecular flexibility index (Phi) is 2.50. The third kappa shape index (κ3) is 1.57. The predicted octanol–water partition coefficient (Wildman–Crippen LogP) is 3.44. The number of hydrogen-bond donors (Lipinski definition) is 1. The molecule has 4 heteroatoms. The van der Waals surface area contributed by atoms with Crippen LogP contribution < -0.4 is 5.73 Å². The van der Waals surface area contributed by atoms with Crippen LogP contribution in [0.25, 0.3) is 11.3 Å². The van der Waals surface area contributed by atoms with Crippen molar-refractivity contribution < 1.29 is 0 Å². The zero-order valence-corrected chi connectivity index (χ0v) is 10.6. The van der Waals surface area contributed by atoms with E-state index in [4.69, 9.17) is 5.73 Å². The molecule has 2 heterocycles. The van der Waals surface area contributed by atoms with E-state index in [9.17, 15) is 0 Å². The van der Waals surface area contributed by atoms with Gasteiger partial charge in [-0.15, -0.1) is 23.1 Å². The zero-order chi connectivity index (χ0) is 11.1. The van der Waals surface area contributed by atoms with Gasteiger partial charge in [-0.25, -0.2) is 4.98 Å². The van der Waals surface area contributed by atoms with Crippen molar-refractivity contribution in [3.05, 3.63) is 34.2 Å². The van der Waals surface area contributed by atoms with Gasteiger partial charge in [0.25, 0.3) is 0 Å². The van der Waals surface area contributed by atoms with Gasteiger partial charge < -0.3 is 5.73 Å². The summed E-state index contributed by atoms with van der Waals surface area (Å²) in [6.45, 7) is 1.99. The smallest absolute Gasteiger partial charge is 0.110 e. The molecule has 0 aliphatic carbocycles. The second-order valence-electron chi connectivity index (χ2n) is 3.90. The van der Waals surface area contributed by atoms with Crippen LogP contribution in [0, 0.1) is 0 Å². The molecule has 1 aromatic heterocycles. The lowest BCUT2D eigenvalue weighted by Crippen LogP contribution is -2.03. The Hall–Kier alpha value is -0.840. The lowest BCUT2D eigenvalue weighted by Gasteiger charge is -2.13. The van der Waals surface area contributed by atoms with E-state index in [0.29, 0.717) is 0 Å². The van der Waals surface area contributed by atoms with Crippen molar-refractivity contribution in [1.82, 2.24) is 4.98 Å². The Labute approximate surface area is 103 Å². The number of rotatable bonds is 1. The summed E-state index contributed by atoms with van der Waals surface area (Å²) in [4.78, 5) is 7.36. The summed E-state index contributed by atoms with van der Waals surface area (Å²) >= 11 is 3.64. The maximum absolute atomic E-state index is 5.89. The molecule has 0 bridgehead atoms. The normalized spacial score (nSPS) is 15.4. The highest BCUT2D eigenvalue weighted by molar-refractivity contribution is 7.98. The van der Waals surface area contributed by atoms with E-state index in [1.54, 1.807) is 11.3 Å². The van der Waals surface area contributed by atoms with Crippen LogP contribution in [0.15, 0.2) is 29.2 Å². The molecule has 3 rings (SSSR count). The Morgan fingerprint density at radius 2 is 2.19 bits per heavy atom. The molecule has 0 fully saturated rings. The van der Waals surface area contributed by atoms with Crippen molar-refractivity contribution in [2.24, 2.45) is 5.73 Å². The number of nitrogens with zero attached hydrogens (tertiary/aromatic N) is 1. The first-order valence-corrected chi connectivity index (χ1v) is 7.03. The van der Waals surface area contributed by atoms with Gasteiger partial charge in [0.1, 0.15) is 5.01 Å². The topological polar surface area (TPSA) is 38.9 Å². The van der Waals surface area contributed by atoms with E-state index in [-0.39, 0.29) is 6.04 Å². The maximum atomic E-state index is 5.89. The molecule has 2 aromatic rings. The summed E-state index contributed by atoms with van der Waals surface area (Å²) in [5.41, 5.74) is 8.29. The highest BCUT2D eigenvalue weighted by Gasteiger charge is 2.21. The lowest BCUT2D eigenvalue weighted by molar-refractivity contribution is 0.807. The Balaban J connectivity index is 2.17. The fraction of sp³-hybridized carbons (Fsp3) is 0.250. The van der Waals surface area contributed by atoms with E-state index in [2.05, 4.69) is 29.2 Å². The molecular formula is C12H12N2S2. The molecule has 1 aliphatic heterocycles. The first kappa shape index (κ1) is 10.3. The summed E-state index contributed by atoms with van der Waals surface area (Å²) in [6, 6.07) is 8.49. The Morgan fingerprint density at radius 1 is 1.38 bits per heavy atom. The second-order valence-corrected chi connectivity index (χ2v) is 6.03. The highest BCUT2D eigenvalue weighted by atomic mass is 32.2. The number of thioether (sulfide) groups is 1. The molecule has 0 spiro atoms. The van der Waals surface area contributed by atoms with Gasteiger partial charge in [0.05, 0.1) is 11.7 Å². The average Bonchev–Trinajstić information content (AvgIpc) is 2.73. The number of benzene rings is 1. The second kappa shape index (κ2) is 3.87. The van der Waals surface area contributed by atoms with Crippen LogP contribution in [0.5, 0.6) is 0 Å². The SMILES string of the molecule is CC(N)c1nc2c(s1)CSc1ccccc1-2. The number of thiazole rings is 1. The fourth-order valence-corrected chi connectivity index (χ4v) is 3.96. The molecule has 2 nitrogen and oxygen atoms in total. The third-order valence-corrected chi connectivity index (χ3v) is 5.14. The monoisotopic (exact) mass is 248 g/mol. The minimum Gasteiger partial charge on any atom is -0.322 e. The predicted molar refractivity (Wildman–Crippen MR) is 69.7 cm³/mol. The Bertz CT molecular complexity index is 532. The molecule has 1 aromatic carbocycles. The fourth-order valence-electron chi connectivity index (χ4n) is 1.80. The van der Waals surface area contributed by atoms with Crippen LogP contribution in [-0.4, -0.2) is 4.98 Å². The largest absolute Gasteiger partial charge is 0.322 e. The van der Waals surface area contributed by atoms with Crippen molar-refractivity contribution in [3.8, 4) is 11.3 Å². The molecule has 0 saturated heterocycles. The molecule has 1 unspecified atom stereocenters. The number of hydrogen-bond acceptors (Lipinski definition) is 4. The third-order valence-electron chi connectivity index (χ3n) is 2.60. The zero-order valence-electron chi connectivity index (χ0n) is 8.93. The molecule has 0 saturated carbocycles. The maximum Gasteiger partial charge on any atom is 0.110 e. The van der Waals surface area contributed by atoms with Gasteiger partial charge in [0, 0.05) is 21.1 Å². The molecule has 0 radical (unpaired) electrons. The van der Waals surface area contributed by atoms with Crippen molar-refractivity contribution in [2.75, 3.05) is 0 Å². The Morgan fingerprint density at radius 3 is 3.00 bits per heavy atom. The van der Waals surface area contributed by atoms with Crippen LogP contribution >= 0.6 is 23.1 Å². The van der Waals surface area contributed by atoms with Crippen LogP contribution in [0.4, 0.5) is 0 Å². The van der Waals surface area contributed by atoms with Gasteiger partial charge in [-0.2, -0.15) is 0 Å². The number of nitrogens with two attached hydrogens (primary N) is 1. The van der Waals surface area contributed by atoms with Gasteiger partial charge in [-0.05, 0) is 13.0 Å². The molecule has 16 heavy (non-hydrogen) atoms.